The molecule has 6 nitrogen and oxygen atoms in total. The zero-order valence-corrected chi connectivity index (χ0v) is 12.5. The minimum Gasteiger partial charge on any atom is -0.356 e. The number of nitrogens with zero attached hydrogens (tertiary/aromatic N) is 1. The maximum absolute atomic E-state index is 13.4. The molecular formula is C16H18FN3O3. The number of carbonyl (C=O) groups excluding carboxylic acids is 1. The van der Waals surface area contributed by atoms with Crippen molar-refractivity contribution in [2.75, 3.05) is 6.54 Å². The first-order valence-electron chi connectivity index (χ1n) is 7.36. The summed E-state index contributed by atoms with van der Waals surface area (Å²) in [7, 11) is 0. The number of carbonyl (C=O) groups is 1. The van der Waals surface area contributed by atoms with E-state index in [4.69, 9.17) is 0 Å². The predicted molar refractivity (Wildman–Crippen MR) is 83.7 cm³/mol. The third-order valence-corrected chi connectivity index (χ3v) is 3.38. The van der Waals surface area contributed by atoms with Gasteiger partial charge in [-0.25, -0.2) is 9.18 Å². The number of hydrogen-bond acceptors (Lipinski definition) is 3. The second-order valence-corrected chi connectivity index (χ2v) is 5.10. The Morgan fingerprint density at radius 3 is 2.74 bits per heavy atom. The minimum absolute atomic E-state index is 0.131. The third kappa shape index (κ3) is 5.21. The van der Waals surface area contributed by atoms with Gasteiger partial charge in [-0.3, -0.25) is 14.6 Å². The van der Waals surface area contributed by atoms with Crippen LogP contribution in [0.2, 0.25) is 0 Å². The summed E-state index contributed by atoms with van der Waals surface area (Å²) in [5, 5.41) is 2.72. The van der Waals surface area contributed by atoms with Crippen molar-refractivity contribution in [2.45, 2.75) is 25.8 Å². The Hall–Kier alpha value is -2.70. The largest absolute Gasteiger partial charge is 0.356 e. The molecule has 7 heteroatoms. The molecule has 2 N–H and O–H groups in total. The molecule has 0 radical (unpaired) electrons. The van der Waals surface area contributed by atoms with Gasteiger partial charge in [-0.15, -0.1) is 0 Å². The Balaban J connectivity index is 1.70. The Morgan fingerprint density at radius 2 is 2.00 bits per heavy atom. The number of H-pyrrole nitrogens is 1. The molecule has 0 bridgehead atoms. The highest BCUT2D eigenvalue weighted by molar-refractivity contribution is 5.75. The van der Waals surface area contributed by atoms with Gasteiger partial charge in [0.15, 0.2) is 0 Å². The molecule has 122 valence electrons. The highest BCUT2D eigenvalue weighted by Gasteiger charge is 2.04. The van der Waals surface area contributed by atoms with Gasteiger partial charge < -0.3 is 9.88 Å². The molecular weight excluding hydrogens is 301 g/mol. The fourth-order valence-electron chi connectivity index (χ4n) is 2.14. The summed E-state index contributed by atoms with van der Waals surface area (Å²) in [4.78, 5) is 36.2. The zero-order valence-electron chi connectivity index (χ0n) is 12.5. The van der Waals surface area contributed by atoms with E-state index in [-0.39, 0.29) is 24.7 Å². The average Bonchev–Trinajstić information content (AvgIpc) is 2.52. The van der Waals surface area contributed by atoms with Gasteiger partial charge in [0.05, 0.1) is 0 Å². The summed E-state index contributed by atoms with van der Waals surface area (Å²) in [6, 6.07) is 7.78. The molecule has 1 heterocycles. The van der Waals surface area contributed by atoms with Gasteiger partial charge in [0.2, 0.25) is 5.91 Å². The first kappa shape index (κ1) is 16.7. The second kappa shape index (κ2) is 8.07. The topological polar surface area (TPSA) is 84.0 Å². The molecule has 0 fully saturated rings. The normalized spacial score (nSPS) is 10.5. The number of benzene rings is 1. The van der Waals surface area contributed by atoms with E-state index < -0.39 is 11.2 Å². The number of halogens is 1. The first-order valence-corrected chi connectivity index (χ1v) is 7.36. The lowest BCUT2D eigenvalue weighted by atomic mass is 10.1. The molecule has 2 rings (SSSR count). The van der Waals surface area contributed by atoms with Crippen molar-refractivity contribution in [2.24, 2.45) is 0 Å². The molecule has 23 heavy (non-hydrogen) atoms. The standard InChI is InChI=1S/C16H18FN3O3/c17-13-6-2-1-4-12(13)5-3-9-18-14(21)7-10-20-11-8-15(22)19-16(20)23/h1-2,4,6,8,11H,3,5,7,9-10H2,(H,18,21)(H,19,22,23). The van der Waals surface area contributed by atoms with Crippen molar-refractivity contribution in [3.63, 3.8) is 0 Å². The quantitative estimate of drug-likeness (QED) is 0.741. The maximum Gasteiger partial charge on any atom is 0.328 e. The molecule has 0 saturated carbocycles. The van der Waals surface area contributed by atoms with Crippen LogP contribution in [-0.4, -0.2) is 22.0 Å². The Morgan fingerprint density at radius 1 is 1.22 bits per heavy atom. The van der Waals surface area contributed by atoms with E-state index in [0.29, 0.717) is 24.9 Å². The summed E-state index contributed by atoms with van der Waals surface area (Å²) in [5.41, 5.74) is -0.379. The van der Waals surface area contributed by atoms with Crippen molar-refractivity contribution in [3.8, 4) is 0 Å². The first-order chi connectivity index (χ1) is 11.1. The number of aromatic nitrogens is 2. The van der Waals surface area contributed by atoms with Crippen LogP contribution in [0.15, 0.2) is 46.1 Å². The van der Waals surface area contributed by atoms with Gasteiger partial charge in [0.1, 0.15) is 5.82 Å². The highest BCUT2D eigenvalue weighted by atomic mass is 19.1. The minimum atomic E-state index is -0.537. The van der Waals surface area contributed by atoms with Gasteiger partial charge in [-0.1, -0.05) is 18.2 Å². The summed E-state index contributed by atoms with van der Waals surface area (Å²) in [6.45, 7) is 0.627. The summed E-state index contributed by atoms with van der Waals surface area (Å²) < 4.78 is 14.7. The average molecular weight is 319 g/mol. The summed E-state index contributed by atoms with van der Waals surface area (Å²) in [6.07, 6.45) is 2.66. The van der Waals surface area contributed by atoms with Crippen molar-refractivity contribution < 1.29 is 9.18 Å². The maximum atomic E-state index is 13.4. The van der Waals surface area contributed by atoms with E-state index in [9.17, 15) is 18.8 Å². The Bertz CT molecular complexity index is 782. The SMILES string of the molecule is O=C(CCn1ccc(=O)[nH]c1=O)NCCCc1ccccc1F. The van der Waals surface area contributed by atoms with Crippen LogP contribution in [0.3, 0.4) is 0 Å². The van der Waals surface area contributed by atoms with Crippen LogP contribution < -0.4 is 16.6 Å². The molecule has 0 aliphatic heterocycles. The lowest BCUT2D eigenvalue weighted by molar-refractivity contribution is -0.121. The number of amides is 1. The molecule has 0 aliphatic rings. The molecule has 0 atom stereocenters. The van der Waals surface area contributed by atoms with Crippen LogP contribution in [0.1, 0.15) is 18.4 Å². The molecule has 0 unspecified atom stereocenters. The van der Waals surface area contributed by atoms with Crippen molar-refractivity contribution in [1.29, 1.82) is 0 Å². The van der Waals surface area contributed by atoms with Gasteiger partial charge in [0.25, 0.3) is 5.56 Å². The van der Waals surface area contributed by atoms with E-state index in [1.807, 2.05) is 0 Å². The lowest BCUT2D eigenvalue weighted by Gasteiger charge is -2.07. The molecule has 0 saturated heterocycles. The number of aryl methyl sites for hydroxylation is 2. The number of aromatic amines is 1. The summed E-state index contributed by atoms with van der Waals surface area (Å²) >= 11 is 0. The fraction of sp³-hybridized carbons (Fsp3) is 0.312. The summed E-state index contributed by atoms with van der Waals surface area (Å²) in [5.74, 6) is -0.437. The van der Waals surface area contributed by atoms with Gasteiger partial charge in [-0.2, -0.15) is 0 Å². The third-order valence-electron chi connectivity index (χ3n) is 3.38. The Kier molecular flexibility index (Phi) is 5.85. The van der Waals surface area contributed by atoms with Crippen molar-refractivity contribution >= 4 is 5.91 Å². The van der Waals surface area contributed by atoms with Crippen LogP contribution in [0.4, 0.5) is 4.39 Å². The highest BCUT2D eigenvalue weighted by Crippen LogP contribution is 2.08. The smallest absolute Gasteiger partial charge is 0.328 e. The van der Waals surface area contributed by atoms with E-state index in [1.54, 1.807) is 18.2 Å². The number of rotatable bonds is 7. The van der Waals surface area contributed by atoms with Crippen LogP contribution in [0.25, 0.3) is 0 Å². The van der Waals surface area contributed by atoms with Crippen LogP contribution in [0, 0.1) is 5.82 Å². The molecule has 0 spiro atoms. The number of hydrogen-bond donors (Lipinski definition) is 2. The lowest BCUT2D eigenvalue weighted by Crippen LogP contribution is -2.31. The van der Waals surface area contributed by atoms with Crippen LogP contribution >= 0.6 is 0 Å². The fourth-order valence-corrected chi connectivity index (χ4v) is 2.14. The predicted octanol–water partition coefficient (Wildman–Crippen LogP) is 0.815. The Labute approximate surface area is 132 Å². The molecule has 1 aromatic heterocycles. The van der Waals surface area contributed by atoms with Gasteiger partial charge in [-0.05, 0) is 24.5 Å². The van der Waals surface area contributed by atoms with Gasteiger partial charge in [0, 0.05) is 31.8 Å². The van der Waals surface area contributed by atoms with Crippen LogP contribution in [-0.2, 0) is 17.8 Å². The van der Waals surface area contributed by atoms with E-state index >= 15 is 0 Å². The second-order valence-electron chi connectivity index (χ2n) is 5.10. The molecule has 0 aliphatic carbocycles. The molecule has 2 aromatic rings. The van der Waals surface area contributed by atoms with Gasteiger partial charge >= 0.3 is 5.69 Å². The molecule has 1 amide bonds. The zero-order chi connectivity index (χ0) is 16.7. The monoisotopic (exact) mass is 319 g/mol. The van der Waals surface area contributed by atoms with E-state index in [1.165, 1.54) is 22.9 Å². The molecule has 1 aromatic carbocycles. The van der Waals surface area contributed by atoms with Crippen LogP contribution in [0.5, 0.6) is 0 Å². The van der Waals surface area contributed by atoms with Crippen molar-refractivity contribution in [1.82, 2.24) is 14.9 Å². The van der Waals surface area contributed by atoms with E-state index in [2.05, 4.69) is 10.3 Å². The van der Waals surface area contributed by atoms with E-state index in [0.717, 1.165) is 0 Å². The van der Waals surface area contributed by atoms with Crippen molar-refractivity contribution in [3.05, 3.63) is 68.7 Å². The number of nitrogens with one attached hydrogen (secondary N) is 2.